The van der Waals surface area contributed by atoms with Crippen LogP contribution in [0.2, 0.25) is 0 Å². The van der Waals surface area contributed by atoms with E-state index in [2.05, 4.69) is 59.3 Å². The molecule has 0 aliphatic rings. The molecule has 0 saturated carbocycles. The van der Waals surface area contributed by atoms with Crippen LogP contribution >= 0.6 is 15.9 Å². The van der Waals surface area contributed by atoms with Gasteiger partial charge in [0.2, 0.25) is 0 Å². The van der Waals surface area contributed by atoms with Crippen LogP contribution in [0.25, 0.3) is 0 Å². The first-order chi connectivity index (χ1) is 10.7. The summed E-state index contributed by atoms with van der Waals surface area (Å²) in [7, 11) is 0. The largest absolute Gasteiger partial charge is 0.248 e. The van der Waals surface area contributed by atoms with Crippen LogP contribution in [0.5, 0.6) is 0 Å². The predicted octanol–water partition coefficient (Wildman–Crippen LogP) is 5.93. The van der Waals surface area contributed by atoms with Crippen molar-refractivity contribution in [2.24, 2.45) is 4.99 Å². The molecule has 0 N–H and O–H groups in total. The Hall–Kier alpha value is -2.19. The molecule has 0 unspecified atom stereocenters. The second kappa shape index (κ2) is 6.71. The molecule has 0 amide bonds. The van der Waals surface area contributed by atoms with Crippen LogP contribution in [0.15, 0.2) is 88.3 Å². The lowest BCUT2D eigenvalue weighted by Crippen LogP contribution is -2.02. The van der Waals surface area contributed by atoms with E-state index < -0.39 is 0 Å². The monoisotopic (exact) mass is 349 g/mol. The normalized spacial score (nSPS) is 10.3. The molecule has 0 aliphatic heterocycles. The molecule has 0 aromatic heterocycles. The number of rotatable bonds is 3. The van der Waals surface area contributed by atoms with Crippen LogP contribution in [0.3, 0.4) is 0 Å². The third-order valence-electron chi connectivity index (χ3n) is 3.36. The highest BCUT2D eigenvalue weighted by Gasteiger charge is 2.07. The first kappa shape index (κ1) is 14.7. The smallest absolute Gasteiger partial charge is 0.0781 e. The van der Waals surface area contributed by atoms with Gasteiger partial charge in [-0.1, -0.05) is 76.6 Å². The van der Waals surface area contributed by atoms with Crippen molar-refractivity contribution in [1.29, 1.82) is 0 Å². The third-order valence-corrected chi connectivity index (χ3v) is 3.82. The van der Waals surface area contributed by atoms with E-state index in [1.807, 2.05) is 42.5 Å². The fraction of sp³-hybridized carbons (Fsp3) is 0.0500. The fourth-order valence-corrected chi connectivity index (χ4v) is 2.99. The van der Waals surface area contributed by atoms with Gasteiger partial charge in [-0.2, -0.15) is 0 Å². The Labute approximate surface area is 139 Å². The van der Waals surface area contributed by atoms with E-state index in [1.54, 1.807) is 0 Å². The Balaban J connectivity index is 2.15. The van der Waals surface area contributed by atoms with Crippen LogP contribution in [0.1, 0.15) is 16.7 Å². The van der Waals surface area contributed by atoms with E-state index in [-0.39, 0.29) is 0 Å². The van der Waals surface area contributed by atoms with Gasteiger partial charge in [0.05, 0.1) is 11.4 Å². The number of aryl methyl sites for hydroxylation is 1. The molecule has 3 aromatic rings. The van der Waals surface area contributed by atoms with Gasteiger partial charge >= 0.3 is 0 Å². The van der Waals surface area contributed by atoms with Gasteiger partial charge in [0.25, 0.3) is 0 Å². The maximum absolute atomic E-state index is 4.91. The summed E-state index contributed by atoms with van der Waals surface area (Å²) in [5.74, 6) is 0. The first-order valence-corrected chi connectivity index (χ1v) is 7.98. The summed E-state index contributed by atoms with van der Waals surface area (Å²) in [6.45, 7) is 2.08. The lowest BCUT2D eigenvalue weighted by Gasteiger charge is -2.08. The molecule has 3 rings (SSSR count). The molecule has 1 nitrogen and oxygen atoms in total. The second-order valence-corrected chi connectivity index (χ2v) is 6.09. The molecule has 0 saturated heterocycles. The topological polar surface area (TPSA) is 12.4 Å². The molecule has 0 bridgehead atoms. The fourth-order valence-electron chi connectivity index (χ4n) is 2.40. The van der Waals surface area contributed by atoms with Gasteiger partial charge in [0.1, 0.15) is 0 Å². The summed E-state index contributed by atoms with van der Waals surface area (Å²) in [5.41, 5.74) is 5.36. The van der Waals surface area contributed by atoms with Gasteiger partial charge in [0, 0.05) is 15.6 Å². The van der Waals surface area contributed by atoms with Crippen LogP contribution < -0.4 is 0 Å². The lowest BCUT2D eigenvalue weighted by atomic mass is 10.0. The van der Waals surface area contributed by atoms with Crippen LogP contribution in [-0.4, -0.2) is 5.71 Å². The van der Waals surface area contributed by atoms with E-state index in [0.717, 1.165) is 27.0 Å². The Morgan fingerprint density at radius 1 is 0.773 bits per heavy atom. The summed E-state index contributed by atoms with van der Waals surface area (Å²) in [5, 5.41) is 0. The first-order valence-electron chi connectivity index (χ1n) is 7.19. The van der Waals surface area contributed by atoms with E-state index in [4.69, 9.17) is 4.99 Å². The van der Waals surface area contributed by atoms with Gasteiger partial charge in [-0.25, -0.2) is 4.99 Å². The molecule has 2 heteroatoms. The number of hydrogen-bond donors (Lipinski definition) is 0. The van der Waals surface area contributed by atoms with E-state index in [1.165, 1.54) is 5.56 Å². The highest BCUT2D eigenvalue weighted by Crippen LogP contribution is 2.24. The Bertz CT molecular complexity index is 731. The summed E-state index contributed by atoms with van der Waals surface area (Å²) < 4.78 is 1.05. The molecular formula is C20H16BrN. The van der Waals surface area contributed by atoms with Crippen molar-refractivity contribution < 1.29 is 0 Å². The van der Waals surface area contributed by atoms with Gasteiger partial charge in [-0.15, -0.1) is 0 Å². The highest BCUT2D eigenvalue weighted by atomic mass is 79.9. The molecule has 3 aromatic carbocycles. The maximum atomic E-state index is 4.91. The standard InChI is InChI=1S/C20H16BrN/c1-15-12-18(21)14-19(13-15)22-20(16-8-4-2-5-9-16)17-10-6-3-7-11-17/h2-14H,1H3. The molecule has 22 heavy (non-hydrogen) atoms. The number of nitrogens with zero attached hydrogens (tertiary/aromatic N) is 1. The minimum atomic E-state index is 0.953. The van der Waals surface area contributed by atoms with Crippen molar-refractivity contribution in [1.82, 2.24) is 0 Å². The second-order valence-electron chi connectivity index (χ2n) is 5.18. The number of hydrogen-bond acceptors (Lipinski definition) is 1. The Kier molecular flexibility index (Phi) is 4.50. The van der Waals surface area contributed by atoms with Gasteiger partial charge in [0.15, 0.2) is 0 Å². The highest BCUT2D eigenvalue weighted by molar-refractivity contribution is 9.10. The van der Waals surface area contributed by atoms with E-state index in [9.17, 15) is 0 Å². The van der Waals surface area contributed by atoms with Crippen molar-refractivity contribution in [2.75, 3.05) is 0 Å². The number of aliphatic imine (C=N–C) groups is 1. The average Bonchev–Trinajstić information content (AvgIpc) is 2.53. The number of benzene rings is 3. The molecule has 108 valence electrons. The van der Waals surface area contributed by atoms with Crippen LogP contribution in [-0.2, 0) is 0 Å². The predicted molar refractivity (Wildman–Crippen MR) is 97.1 cm³/mol. The third kappa shape index (κ3) is 3.52. The lowest BCUT2D eigenvalue weighted by molar-refractivity contribution is 1.40. The SMILES string of the molecule is Cc1cc(Br)cc(N=C(c2ccccc2)c2ccccc2)c1. The van der Waals surface area contributed by atoms with E-state index >= 15 is 0 Å². The van der Waals surface area contributed by atoms with Gasteiger partial charge in [-0.3, -0.25) is 0 Å². The average molecular weight is 350 g/mol. The van der Waals surface area contributed by atoms with Crippen molar-refractivity contribution in [3.63, 3.8) is 0 Å². The molecule has 0 atom stereocenters. The van der Waals surface area contributed by atoms with E-state index in [0.29, 0.717) is 0 Å². The minimum Gasteiger partial charge on any atom is -0.248 e. The van der Waals surface area contributed by atoms with Crippen LogP contribution in [0.4, 0.5) is 5.69 Å². The molecule has 0 heterocycles. The Morgan fingerprint density at radius 2 is 1.32 bits per heavy atom. The summed E-state index contributed by atoms with van der Waals surface area (Å²) >= 11 is 3.55. The zero-order valence-electron chi connectivity index (χ0n) is 12.3. The molecule has 0 spiro atoms. The minimum absolute atomic E-state index is 0.953. The molecule has 0 aliphatic carbocycles. The van der Waals surface area contributed by atoms with Gasteiger partial charge < -0.3 is 0 Å². The quantitative estimate of drug-likeness (QED) is 0.520. The maximum Gasteiger partial charge on any atom is 0.0781 e. The summed E-state index contributed by atoms with van der Waals surface area (Å²) in [6, 6.07) is 26.8. The van der Waals surface area contributed by atoms with Crippen molar-refractivity contribution in [3.05, 3.63) is 100 Å². The Morgan fingerprint density at radius 3 is 1.82 bits per heavy atom. The summed E-state index contributed by atoms with van der Waals surface area (Å²) in [6.07, 6.45) is 0. The molecular weight excluding hydrogens is 334 g/mol. The molecule has 0 fully saturated rings. The molecule has 0 radical (unpaired) electrons. The zero-order valence-corrected chi connectivity index (χ0v) is 13.9. The van der Waals surface area contributed by atoms with Crippen molar-refractivity contribution in [3.8, 4) is 0 Å². The van der Waals surface area contributed by atoms with Gasteiger partial charge in [-0.05, 0) is 30.7 Å². The zero-order chi connectivity index (χ0) is 15.4. The van der Waals surface area contributed by atoms with Crippen molar-refractivity contribution in [2.45, 2.75) is 6.92 Å². The van der Waals surface area contributed by atoms with Crippen LogP contribution in [0, 0.1) is 6.92 Å². The summed E-state index contributed by atoms with van der Waals surface area (Å²) in [4.78, 5) is 4.91. The number of halogens is 1. The van der Waals surface area contributed by atoms with Crippen molar-refractivity contribution >= 4 is 27.3 Å².